The molecule has 0 fully saturated rings. The SMILES string of the molecule is Nc1cccc(OCC(=O)OCc2ccccc2Cl)c1. The van der Waals surface area contributed by atoms with E-state index in [1.807, 2.05) is 12.1 Å². The van der Waals surface area contributed by atoms with Crippen molar-refractivity contribution in [1.29, 1.82) is 0 Å². The number of hydrogen-bond donors (Lipinski definition) is 1. The van der Waals surface area contributed by atoms with Gasteiger partial charge < -0.3 is 15.2 Å². The Morgan fingerprint density at radius 2 is 1.95 bits per heavy atom. The van der Waals surface area contributed by atoms with E-state index in [4.69, 9.17) is 26.8 Å². The minimum absolute atomic E-state index is 0.124. The van der Waals surface area contributed by atoms with Gasteiger partial charge in [-0.05, 0) is 18.2 Å². The number of carbonyl (C=O) groups is 1. The van der Waals surface area contributed by atoms with Crippen LogP contribution in [0.4, 0.5) is 5.69 Å². The number of nitrogens with two attached hydrogens (primary N) is 1. The van der Waals surface area contributed by atoms with Crippen LogP contribution in [0.25, 0.3) is 0 Å². The molecule has 2 aromatic carbocycles. The summed E-state index contributed by atoms with van der Waals surface area (Å²) in [5.41, 5.74) is 6.94. The normalized spacial score (nSPS) is 10.1. The number of rotatable bonds is 5. The number of carbonyl (C=O) groups excluding carboxylic acids is 1. The smallest absolute Gasteiger partial charge is 0.344 e. The van der Waals surface area contributed by atoms with Gasteiger partial charge in [0, 0.05) is 22.3 Å². The molecule has 5 heteroatoms. The Kier molecular flexibility index (Phi) is 4.85. The third-order valence-corrected chi connectivity index (χ3v) is 2.93. The second kappa shape index (κ2) is 6.82. The van der Waals surface area contributed by atoms with E-state index in [2.05, 4.69) is 0 Å². The van der Waals surface area contributed by atoms with Crippen molar-refractivity contribution in [3.05, 3.63) is 59.1 Å². The van der Waals surface area contributed by atoms with E-state index in [0.29, 0.717) is 16.5 Å². The Balaban J connectivity index is 1.80. The molecule has 2 N–H and O–H groups in total. The molecule has 0 bridgehead atoms. The molecule has 2 aromatic rings. The monoisotopic (exact) mass is 291 g/mol. The summed E-state index contributed by atoms with van der Waals surface area (Å²) in [6.45, 7) is -0.0489. The van der Waals surface area contributed by atoms with Crippen LogP contribution in [0.1, 0.15) is 5.56 Å². The molecule has 0 aliphatic rings. The summed E-state index contributed by atoms with van der Waals surface area (Å²) in [6, 6.07) is 14.0. The zero-order valence-electron chi connectivity index (χ0n) is 10.7. The number of anilines is 1. The van der Waals surface area contributed by atoms with E-state index in [1.54, 1.807) is 36.4 Å². The lowest BCUT2D eigenvalue weighted by molar-refractivity contribution is -0.147. The fourth-order valence-corrected chi connectivity index (χ4v) is 1.75. The van der Waals surface area contributed by atoms with E-state index in [-0.39, 0.29) is 13.2 Å². The summed E-state index contributed by atoms with van der Waals surface area (Å²) in [6.07, 6.45) is 0. The van der Waals surface area contributed by atoms with Crippen molar-refractivity contribution in [3.63, 3.8) is 0 Å². The van der Waals surface area contributed by atoms with Crippen molar-refractivity contribution in [2.75, 3.05) is 12.3 Å². The maximum atomic E-state index is 11.6. The number of benzene rings is 2. The first-order chi connectivity index (χ1) is 9.65. The summed E-state index contributed by atoms with van der Waals surface area (Å²) >= 11 is 5.96. The predicted molar refractivity (Wildman–Crippen MR) is 77.6 cm³/mol. The quantitative estimate of drug-likeness (QED) is 0.679. The standard InChI is InChI=1S/C15H14ClNO3/c16-14-7-2-1-4-11(14)9-20-15(18)10-19-13-6-3-5-12(17)8-13/h1-8H,9-10,17H2. The molecule has 0 amide bonds. The van der Waals surface area contributed by atoms with Crippen LogP contribution in [0.5, 0.6) is 5.75 Å². The van der Waals surface area contributed by atoms with E-state index in [0.717, 1.165) is 5.56 Å². The second-order valence-electron chi connectivity index (χ2n) is 4.11. The average Bonchev–Trinajstić information content (AvgIpc) is 2.44. The topological polar surface area (TPSA) is 61.5 Å². The van der Waals surface area contributed by atoms with Crippen molar-refractivity contribution >= 4 is 23.3 Å². The highest BCUT2D eigenvalue weighted by Gasteiger charge is 2.06. The molecule has 104 valence electrons. The number of ether oxygens (including phenoxy) is 2. The average molecular weight is 292 g/mol. The largest absolute Gasteiger partial charge is 0.482 e. The number of halogens is 1. The zero-order chi connectivity index (χ0) is 14.4. The molecular formula is C15H14ClNO3. The molecule has 0 atom stereocenters. The molecule has 0 spiro atoms. The molecule has 2 rings (SSSR count). The lowest BCUT2D eigenvalue weighted by Gasteiger charge is -2.08. The van der Waals surface area contributed by atoms with E-state index in [9.17, 15) is 4.79 Å². The molecule has 0 saturated carbocycles. The van der Waals surface area contributed by atoms with Crippen molar-refractivity contribution in [2.24, 2.45) is 0 Å². The van der Waals surface area contributed by atoms with Crippen LogP contribution in [0.3, 0.4) is 0 Å². The highest BCUT2D eigenvalue weighted by Crippen LogP contribution is 2.16. The Morgan fingerprint density at radius 3 is 2.70 bits per heavy atom. The summed E-state index contributed by atoms with van der Waals surface area (Å²) in [7, 11) is 0. The predicted octanol–water partition coefficient (Wildman–Crippen LogP) is 3.04. The van der Waals surface area contributed by atoms with Gasteiger partial charge >= 0.3 is 5.97 Å². The molecule has 0 saturated heterocycles. The molecule has 0 aliphatic carbocycles. The van der Waals surface area contributed by atoms with Crippen LogP contribution in [-0.2, 0) is 16.1 Å². The summed E-state index contributed by atoms with van der Waals surface area (Å²) in [4.78, 5) is 11.6. The second-order valence-corrected chi connectivity index (χ2v) is 4.52. The van der Waals surface area contributed by atoms with Gasteiger partial charge in [-0.3, -0.25) is 0 Å². The minimum atomic E-state index is -0.465. The van der Waals surface area contributed by atoms with Gasteiger partial charge in [-0.2, -0.15) is 0 Å². The highest BCUT2D eigenvalue weighted by atomic mass is 35.5. The highest BCUT2D eigenvalue weighted by molar-refractivity contribution is 6.31. The van der Waals surface area contributed by atoms with Crippen LogP contribution in [0.15, 0.2) is 48.5 Å². The van der Waals surface area contributed by atoms with Crippen molar-refractivity contribution in [3.8, 4) is 5.75 Å². The van der Waals surface area contributed by atoms with Gasteiger partial charge in [0.25, 0.3) is 0 Å². The molecule has 4 nitrogen and oxygen atoms in total. The number of hydrogen-bond acceptors (Lipinski definition) is 4. The maximum Gasteiger partial charge on any atom is 0.344 e. The zero-order valence-corrected chi connectivity index (χ0v) is 11.5. The van der Waals surface area contributed by atoms with Crippen LogP contribution in [0.2, 0.25) is 5.02 Å². The fraction of sp³-hybridized carbons (Fsp3) is 0.133. The van der Waals surface area contributed by atoms with Gasteiger partial charge in [0.05, 0.1) is 0 Å². The third kappa shape index (κ3) is 4.17. The number of esters is 1. The van der Waals surface area contributed by atoms with Crippen LogP contribution >= 0.6 is 11.6 Å². The maximum absolute atomic E-state index is 11.6. The van der Waals surface area contributed by atoms with Gasteiger partial charge in [-0.15, -0.1) is 0 Å². The van der Waals surface area contributed by atoms with Gasteiger partial charge in [-0.1, -0.05) is 35.9 Å². The lowest BCUT2D eigenvalue weighted by Crippen LogP contribution is -2.14. The van der Waals surface area contributed by atoms with Gasteiger partial charge in [-0.25, -0.2) is 4.79 Å². The molecular weight excluding hydrogens is 278 g/mol. The lowest BCUT2D eigenvalue weighted by atomic mass is 10.2. The molecule has 0 aliphatic heterocycles. The van der Waals surface area contributed by atoms with E-state index in [1.165, 1.54) is 0 Å². The third-order valence-electron chi connectivity index (χ3n) is 2.56. The van der Waals surface area contributed by atoms with Crippen molar-refractivity contribution in [2.45, 2.75) is 6.61 Å². The van der Waals surface area contributed by atoms with Crippen LogP contribution in [-0.4, -0.2) is 12.6 Å². The van der Waals surface area contributed by atoms with Crippen LogP contribution in [0, 0.1) is 0 Å². The molecule has 20 heavy (non-hydrogen) atoms. The van der Waals surface area contributed by atoms with Gasteiger partial charge in [0.2, 0.25) is 0 Å². The molecule has 0 aromatic heterocycles. The van der Waals surface area contributed by atoms with E-state index < -0.39 is 5.97 Å². The first-order valence-corrected chi connectivity index (χ1v) is 6.40. The molecule has 0 radical (unpaired) electrons. The summed E-state index contributed by atoms with van der Waals surface area (Å²) in [5.74, 6) is 0.0621. The summed E-state index contributed by atoms with van der Waals surface area (Å²) in [5, 5.41) is 0.567. The first kappa shape index (κ1) is 14.2. The Hall–Kier alpha value is -2.20. The number of nitrogen functional groups attached to an aromatic ring is 1. The summed E-state index contributed by atoms with van der Waals surface area (Å²) < 4.78 is 10.4. The van der Waals surface area contributed by atoms with Crippen molar-refractivity contribution in [1.82, 2.24) is 0 Å². The molecule has 0 heterocycles. The molecule has 0 unspecified atom stereocenters. The fourth-order valence-electron chi connectivity index (χ4n) is 1.56. The van der Waals surface area contributed by atoms with Gasteiger partial charge in [0.15, 0.2) is 6.61 Å². The minimum Gasteiger partial charge on any atom is -0.482 e. The Morgan fingerprint density at radius 1 is 1.15 bits per heavy atom. The van der Waals surface area contributed by atoms with Gasteiger partial charge in [0.1, 0.15) is 12.4 Å². The first-order valence-electron chi connectivity index (χ1n) is 6.02. The Labute approximate surface area is 122 Å². The van der Waals surface area contributed by atoms with Crippen molar-refractivity contribution < 1.29 is 14.3 Å². The van der Waals surface area contributed by atoms with Crippen LogP contribution < -0.4 is 10.5 Å². The van der Waals surface area contributed by atoms with E-state index >= 15 is 0 Å². The Bertz CT molecular complexity index is 601.